The van der Waals surface area contributed by atoms with Crippen LogP contribution in [0.4, 0.5) is 4.39 Å². The lowest BCUT2D eigenvalue weighted by atomic mass is 10.1. The first kappa shape index (κ1) is 12.4. The molecule has 0 aliphatic heterocycles. The molecule has 0 amide bonds. The van der Waals surface area contributed by atoms with Crippen LogP contribution in [-0.2, 0) is 16.1 Å². The summed E-state index contributed by atoms with van der Waals surface area (Å²) in [4.78, 5) is 10.8. The number of carbonyl (C=O) groups is 1. The number of hydrogen-bond donors (Lipinski definition) is 1. The predicted molar refractivity (Wildman–Crippen MR) is 60.0 cm³/mol. The molecule has 0 aromatic heterocycles. The molecule has 86 valence electrons. The highest BCUT2D eigenvalue weighted by molar-refractivity contribution is 5.72. The first-order valence-corrected chi connectivity index (χ1v) is 4.89. The summed E-state index contributed by atoms with van der Waals surface area (Å²) in [5.41, 5.74) is 6.72. The Kier molecular flexibility index (Phi) is 4.66. The van der Waals surface area contributed by atoms with E-state index in [9.17, 15) is 9.18 Å². The van der Waals surface area contributed by atoms with Crippen molar-refractivity contribution in [3.63, 3.8) is 0 Å². The number of rotatable bonds is 4. The number of ether oxygens (including phenoxy) is 1. The van der Waals surface area contributed by atoms with Gasteiger partial charge in [0, 0.05) is 12.1 Å². The van der Waals surface area contributed by atoms with Gasteiger partial charge in [-0.2, -0.15) is 0 Å². The van der Waals surface area contributed by atoms with Gasteiger partial charge in [-0.15, -0.1) is 0 Å². The van der Waals surface area contributed by atoms with Crippen LogP contribution < -0.4 is 5.73 Å². The summed E-state index contributed by atoms with van der Waals surface area (Å²) < 4.78 is 17.8. The summed E-state index contributed by atoms with van der Waals surface area (Å²) in [5.74, 6) is -0.690. The molecule has 0 bridgehead atoms. The second kappa shape index (κ2) is 6.02. The maximum absolute atomic E-state index is 13.3. The van der Waals surface area contributed by atoms with Gasteiger partial charge in [-0.3, -0.25) is 4.79 Å². The highest BCUT2D eigenvalue weighted by Gasteiger charge is 2.00. The monoisotopic (exact) mass is 223 g/mol. The molecule has 0 spiro atoms. The summed E-state index contributed by atoms with van der Waals surface area (Å²) in [5, 5.41) is 0. The molecule has 0 radical (unpaired) electrons. The Morgan fingerprint density at radius 1 is 1.56 bits per heavy atom. The highest BCUT2D eigenvalue weighted by atomic mass is 19.1. The smallest absolute Gasteiger partial charge is 0.309 e. The summed E-state index contributed by atoms with van der Waals surface area (Å²) >= 11 is 0. The third-order valence-electron chi connectivity index (χ3n) is 2.11. The van der Waals surface area contributed by atoms with Gasteiger partial charge in [0.1, 0.15) is 5.82 Å². The lowest BCUT2D eigenvalue weighted by Crippen LogP contribution is -1.98. The number of benzene rings is 1. The molecular formula is C12H14FNO2. The van der Waals surface area contributed by atoms with Crippen molar-refractivity contribution in [1.82, 2.24) is 0 Å². The highest BCUT2D eigenvalue weighted by Crippen LogP contribution is 2.12. The van der Waals surface area contributed by atoms with Crippen LogP contribution in [0, 0.1) is 5.82 Å². The number of carbonyl (C=O) groups excluding carboxylic acids is 1. The first-order valence-electron chi connectivity index (χ1n) is 4.89. The molecule has 0 fully saturated rings. The van der Waals surface area contributed by atoms with E-state index in [2.05, 4.69) is 4.74 Å². The van der Waals surface area contributed by atoms with E-state index in [1.165, 1.54) is 13.2 Å². The summed E-state index contributed by atoms with van der Waals surface area (Å²) in [6.07, 6.45) is 3.23. The van der Waals surface area contributed by atoms with Gasteiger partial charge in [-0.25, -0.2) is 4.39 Å². The Bertz CT molecular complexity index is 402. The fraction of sp³-hybridized carbons (Fsp3) is 0.250. The van der Waals surface area contributed by atoms with Gasteiger partial charge in [-0.1, -0.05) is 18.2 Å². The number of esters is 1. The van der Waals surface area contributed by atoms with Gasteiger partial charge in [-0.05, 0) is 17.7 Å². The third kappa shape index (κ3) is 3.47. The van der Waals surface area contributed by atoms with Crippen molar-refractivity contribution < 1.29 is 13.9 Å². The molecule has 3 nitrogen and oxygen atoms in total. The Labute approximate surface area is 93.7 Å². The minimum absolute atomic E-state index is 0.128. The van der Waals surface area contributed by atoms with Crippen molar-refractivity contribution in [2.45, 2.75) is 13.0 Å². The zero-order valence-corrected chi connectivity index (χ0v) is 9.07. The summed E-state index contributed by atoms with van der Waals surface area (Å²) in [6, 6.07) is 4.65. The molecule has 16 heavy (non-hydrogen) atoms. The Hall–Kier alpha value is -1.68. The van der Waals surface area contributed by atoms with Crippen LogP contribution in [-0.4, -0.2) is 13.1 Å². The minimum Gasteiger partial charge on any atom is -0.469 e. The topological polar surface area (TPSA) is 52.3 Å². The van der Waals surface area contributed by atoms with E-state index in [1.807, 2.05) is 0 Å². The zero-order chi connectivity index (χ0) is 12.0. The molecule has 1 aromatic rings. The maximum atomic E-state index is 13.3. The van der Waals surface area contributed by atoms with Crippen molar-refractivity contribution >= 4 is 12.0 Å². The number of hydrogen-bond acceptors (Lipinski definition) is 3. The standard InChI is InChI=1S/C12H14FNO2/c1-16-12(15)4-2-3-10-7-9(8-14)5-6-11(10)13/h2-3,5-7H,4,8,14H2,1H3. The Balaban J connectivity index is 2.75. The van der Waals surface area contributed by atoms with Gasteiger partial charge in [0.2, 0.25) is 0 Å². The fourth-order valence-corrected chi connectivity index (χ4v) is 1.21. The second-order valence-electron chi connectivity index (χ2n) is 3.24. The molecule has 0 heterocycles. The molecule has 1 rings (SSSR count). The molecule has 1 aromatic carbocycles. The molecule has 4 heteroatoms. The van der Waals surface area contributed by atoms with Crippen molar-refractivity contribution in [3.05, 3.63) is 41.2 Å². The van der Waals surface area contributed by atoms with E-state index >= 15 is 0 Å². The van der Waals surface area contributed by atoms with E-state index in [-0.39, 0.29) is 18.2 Å². The number of nitrogens with two attached hydrogens (primary N) is 1. The van der Waals surface area contributed by atoms with E-state index in [0.717, 1.165) is 5.56 Å². The molecular weight excluding hydrogens is 209 g/mol. The average Bonchev–Trinajstić information content (AvgIpc) is 2.31. The van der Waals surface area contributed by atoms with Crippen LogP contribution in [0.15, 0.2) is 24.3 Å². The molecule has 0 atom stereocenters. The molecule has 2 N–H and O–H groups in total. The van der Waals surface area contributed by atoms with E-state index in [0.29, 0.717) is 12.1 Å². The predicted octanol–water partition coefficient (Wildman–Crippen LogP) is 1.86. The molecule has 0 aliphatic carbocycles. The van der Waals surface area contributed by atoms with Gasteiger partial charge < -0.3 is 10.5 Å². The van der Waals surface area contributed by atoms with Crippen LogP contribution in [0.3, 0.4) is 0 Å². The third-order valence-corrected chi connectivity index (χ3v) is 2.11. The van der Waals surface area contributed by atoms with Crippen molar-refractivity contribution in [3.8, 4) is 0 Å². The van der Waals surface area contributed by atoms with Gasteiger partial charge in [0.15, 0.2) is 0 Å². The van der Waals surface area contributed by atoms with E-state index in [4.69, 9.17) is 5.73 Å². The average molecular weight is 223 g/mol. The molecule has 0 saturated heterocycles. The minimum atomic E-state index is -0.355. The Morgan fingerprint density at radius 3 is 2.94 bits per heavy atom. The largest absolute Gasteiger partial charge is 0.469 e. The van der Waals surface area contributed by atoms with Crippen LogP contribution in [0.5, 0.6) is 0 Å². The van der Waals surface area contributed by atoms with E-state index < -0.39 is 0 Å². The lowest BCUT2D eigenvalue weighted by molar-refractivity contribution is -0.139. The number of halogens is 1. The zero-order valence-electron chi connectivity index (χ0n) is 9.07. The van der Waals surface area contributed by atoms with E-state index in [1.54, 1.807) is 24.3 Å². The van der Waals surface area contributed by atoms with Crippen LogP contribution in [0.2, 0.25) is 0 Å². The lowest BCUT2D eigenvalue weighted by Gasteiger charge is -2.00. The SMILES string of the molecule is COC(=O)CC=Cc1cc(CN)ccc1F. The molecule has 0 aliphatic rings. The van der Waals surface area contributed by atoms with Crippen LogP contribution in [0.25, 0.3) is 6.08 Å². The molecule has 0 unspecified atom stereocenters. The fourth-order valence-electron chi connectivity index (χ4n) is 1.21. The summed E-state index contributed by atoms with van der Waals surface area (Å²) in [6.45, 7) is 0.359. The second-order valence-corrected chi connectivity index (χ2v) is 3.24. The quantitative estimate of drug-likeness (QED) is 0.793. The normalized spacial score (nSPS) is 10.7. The number of methoxy groups -OCH3 is 1. The van der Waals surface area contributed by atoms with Crippen molar-refractivity contribution in [1.29, 1.82) is 0 Å². The Morgan fingerprint density at radius 2 is 2.31 bits per heavy atom. The molecule has 0 saturated carbocycles. The van der Waals surface area contributed by atoms with Crippen molar-refractivity contribution in [2.75, 3.05) is 7.11 Å². The van der Waals surface area contributed by atoms with Crippen LogP contribution in [0.1, 0.15) is 17.5 Å². The van der Waals surface area contributed by atoms with Crippen LogP contribution >= 0.6 is 0 Å². The first-order chi connectivity index (χ1) is 7.67. The van der Waals surface area contributed by atoms with Gasteiger partial charge >= 0.3 is 5.97 Å². The van der Waals surface area contributed by atoms with Gasteiger partial charge in [0.05, 0.1) is 13.5 Å². The van der Waals surface area contributed by atoms with Crippen molar-refractivity contribution in [2.24, 2.45) is 5.73 Å². The van der Waals surface area contributed by atoms with Gasteiger partial charge in [0.25, 0.3) is 0 Å². The maximum Gasteiger partial charge on any atom is 0.309 e. The summed E-state index contributed by atoms with van der Waals surface area (Å²) in [7, 11) is 1.31.